The van der Waals surface area contributed by atoms with Crippen molar-refractivity contribution in [2.75, 3.05) is 6.61 Å². The van der Waals surface area contributed by atoms with E-state index in [1.54, 1.807) is 6.92 Å². The van der Waals surface area contributed by atoms with E-state index in [0.29, 0.717) is 6.16 Å². The van der Waals surface area contributed by atoms with Crippen molar-refractivity contribution in [3.8, 4) is 11.1 Å². The van der Waals surface area contributed by atoms with E-state index in [0.717, 1.165) is 0 Å². The maximum atomic E-state index is 10.9. The van der Waals surface area contributed by atoms with Gasteiger partial charge in [0.05, 0.1) is 8.46 Å². The quantitative estimate of drug-likeness (QED) is 0.863. The molecule has 0 spiro atoms. The van der Waals surface area contributed by atoms with Crippen molar-refractivity contribution in [2.45, 2.75) is 20.0 Å². The average molecular weight is 276 g/mol. The molecule has 0 bridgehead atoms. The highest BCUT2D eigenvalue weighted by atomic mass is 31.1. The third-order valence-electron chi connectivity index (χ3n) is 2.76. The Morgan fingerprint density at radius 1 is 1.00 bits per heavy atom. The molecule has 0 aliphatic rings. The molecule has 0 radical (unpaired) electrons. The van der Waals surface area contributed by atoms with Crippen molar-refractivity contribution in [2.24, 2.45) is 0 Å². The Bertz CT molecular complexity index is 524. The zero-order chi connectivity index (χ0) is 14.1. The molecule has 2 rings (SSSR count). The maximum absolute atomic E-state index is 10.9. The van der Waals surface area contributed by atoms with E-state index in [-0.39, 0.29) is 6.61 Å². The Kier molecular flexibility index (Phi) is 7.17. The second kappa shape index (κ2) is 8.68. The lowest BCUT2D eigenvalue weighted by atomic mass is 9.97. The smallest absolute Gasteiger partial charge is 0.0687 e. The summed E-state index contributed by atoms with van der Waals surface area (Å²) in [6, 6.07) is 16.5. The maximum Gasteiger partial charge on any atom is 0.0687 e. The largest absolute Gasteiger partial charge is 0.397 e. The van der Waals surface area contributed by atoms with Crippen LogP contribution >= 0.6 is 8.46 Å². The van der Waals surface area contributed by atoms with Crippen LogP contribution in [0.3, 0.4) is 0 Å². The first-order valence-corrected chi connectivity index (χ1v) is 7.71. The van der Waals surface area contributed by atoms with Gasteiger partial charge in [-0.05, 0) is 36.1 Å². The highest BCUT2D eigenvalue weighted by Gasteiger charge is 2.05. The molecule has 1 atom stereocenters. The van der Waals surface area contributed by atoms with E-state index < -0.39 is 8.46 Å². The predicted molar refractivity (Wildman–Crippen MR) is 83.5 cm³/mol. The van der Waals surface area contributed by atoms with Crippen molar-refractivity contribution in [1.82, 2.24) is 0 Å². The number of aryl methyl sites for hydroxylation is 1. The van der Waals surface area contributed by atoms with Crippen LogP contribution in [0.15, 0.2) is 48.5 Å². The summed E-state index contributed by atoms with van der Waals surface area (Å²) >= 11 is 0. The highest BCUT2D eigenvalue weighted by Crippen LogP contribution is 2.28. The molecule has 0 aliphatic heterocycles. The minimum absolute atomic E-state index is 0.250. The van der Waals surface area contributed by atoms with Crippen LogP contribution in [0.25, 0.3) is 11.1 Å². The van der Waals surface area contributed by atoms with Crippen LogP contribution in [0.1, 0.15) is 18.1 Å². The lowest BCUT2D eigenvalue weighted by Gasteiger charge is -2.09. The predicted octanol–water partition coefficient (Wildman–Crippen LogP) is 3.92. The third-order valence-corrected chi connectivity index (χ3v) is 3.36. The standard InChI is InChI=1S/C14H15OP.C2H6O/c1-11-6-2-4-8-13(11)14-9-5-3-7-12(14)10-16-15;1-2-3/h2-9H,10,16H2,1H3;3H,2H2,1H3. The van der Waals surface area contributed by atoms with Gasteiger partial charge in [0.1, 0.15) is 0 Å². The topological polar surface area (TPSA) is 37.3 Å². The van der Waals surface area contributed by atoms with Gasteiger partial charge in [-0.25, -0.2) is 0 Å². The first kappa shape index (κ1) is 15.7. The summed E-state index contributed by atoms with van der Waals surface area (Å²) < 4.78 is 10.9. The van der Waals surface area contributed by atoms with Crippen LogP contribution in [-0.2, 0) is 10.7 Å². The minimum Gasteiger partial charge on any atom is -0.397 e. The SMILES string of the molecule is CCO.Cc1ccccc1-c1ccccc1C[PH2]=O. The van der Waals surface area contributed by atoms with Crippen LogP contribution in [-0.4, -0.2) is 11.7 Å². The molecule has 0 amide bonds. The summed E-state index contributed by atoms with van der Waals surface area (Å²) in [5, 5.41) is 7.57. The number of aliphatic hydroxyl groups is 1. The summed E-state index contributed by atoms with van der Waals surface area (Å²) in [5.74, 6) is 0. The molecule has 3 heteroatoms. The summed E-state index contributed by atoms with van der Waals surface area (Å²) in [6.07, 6.45) is 0.685. The first-order chi connectivity index (χ1) is 9.24. The number of aliphatic hydroxyl groups excluding tert-OH is 1. The van der Waals surface area contributed by atoms with E-state index in [1.807, 2.05) is 24.3 Å². The molecular formula is C16H21O2P. The molecule has 0 aliphatic carbocycles. The van der Waals surface area contributed by atoms with Crippen molar-refractivity contribution >= 4 is 8.46 Å². The van der Waals surface area contributed by atoms with E-state index in [2.05, 4.69) is 31.2 Å². The van der Waals surface area contributed by atoms with Crippen molar-refractivity contribution < 1.29 is 9.67 Å². The summed E-state index contributed by atoms with van der Waals surface area (Å²) in [7, 11) is -0.725. The molecule has 0 saturated heterocycles. The van der Waals surface area contributed by atoms with Gasteiger partial charge in [-0.15, -0.1) is 0 Å². The zero-order valence-corrected chi connectivity index (χ0v) is 12.6. The number of hydrogen-bond donors (Lipinski definition) is 1. The molecular weight excluding hydrogens is 255 g/mol. The fraction of sp³-hybridized carbons (Fsp3) is 0.250. The van der Waals surface area contributed by atoms with Gasteiger partial charge >= 0.3 is 0 Å². The van der Waals surface area contributed by atoms with E-state index in [4.69, 9.17) is 5.11 Å². The highest BCUT2D eigenvalue weighted by molar-refractivity contribution is 7.22. The molecule has 0 heterocycles. The van der Waals surface area contributed by atoms with Gasteiger partial charge in [0.15, 0.2) is 0 Å². The zero-order valence-electron chi connectivity index (χ0n) is 11.5. The molecule has 0 aromatic heterocycles. The molecule has 19 heavy (non-hydrogen) atoms. The number of rotatable bonds is 3. The van der Waals surface area contributed by atoms with E-state index >= 15 is 0 Å². The summed E-state index contributed by atoms with van der Waals surface area (Å²) in [5.41, 5.74) is 4.90. The Morgan fingerprint density at radius 2 is 1.53 bits per heavy atom. The van der Waals surface area contributed by atoms with Crippen LogP contribution in [0.5, 0.6) is 0 Å². The molecule has 1 unspecified atom stereocenters. The van der Waals surface area contributed by atoms with Crippen molar-refractivity contribution in [3.63, 3.8) is 0 Å². The van der Waals surface area contributed by atoms with Crippen molar-refractivity contribution in [3.05, 3.63) is 59.7 Å². The molecule has 2 nitrogen and oxygen atoms in total. The molecule has 102 valence electrons. The Labute approximate surface area is 116 Å². The number of benzene rings is 2. The molecule has 0 fully saturated rings. The van der Waals surface area contributed by atoms with Gasteiger partial charge in [0.2, 0.25) is 0 Å². The molecule has 0 saturated carbocycles. The van der Waals surface area contributed by atoms with Crippen LogP contribution < -0.4 is 0 Å². The van der Waals surface area contributed by atoms with Crippen LogP contribution in [0, 0.1) is 6.92 Å². The average Bonchev–Trinajstić information content (AvgIpc) is 2.42. The van der Waals surface area contributed by atoms with Crippen molar-refractivity contribution in [1.29, 1.82) is 0 Å². The van der Waals surface area contributed by atoms with Gasteiger partial charge in [-0.3, -0.25) is 0 Å². The van der Waals surface area contributed by atoms with E-state index in [1.165, 1.54) is 22.3 Å². The van der Waals surface area contributed by atoms with Crippen LogP contribution in [0.4, 0.5) is 0 Å². The second-order valence-corrected chi connectivity index (χ2v) is 4.90. The van der Waals surface area contributed by atoms with Gasteiger partial charge in [0, 0.05) is 12.8 Å². The normalized spacial score (nSPS) is 10.3. The summed E-state index contributed by atoms with van der Waals surface area (Å²) in [4.78, 5) is 0. The van der Waals surface area contributed by atoms with E-state index in [9.17, 15) is 4.57 Å². The van der Waals surface area contributed by atoms with Gasteiger partial charge in [0.25, 0.3) is 0 Å². The van der Waals surface area contributed by atoms with Gasteiger partial charge in [-0.2, -0.15) is 0 Å². The minimum atomic E-state index is -0.725. The molecule has 2 aromatic rings. The molecule has 2 aromatic carbocycles. The molecule has 1 N–H and O–H groups in total. The fourth-order valence-corrected chi connectivity index (χ4v) is 2.46. The Morgan fingerprint density at radius 3 is 2.11 bits per heavy atom. The lowest BCUT2D eigenvalue weighted by Crippen LogP contribution is -1.88. The summed E-state index contributed by atoms with van der Waals surface area (Å²) in [6.45, 7) is 4.04. The van der Waals surface area contributed by atoms with Gasteiger partial charge in [-0.1, -0.05) is 48.5 Å². The Balaban J connectivity index is 0.000000550. The number of hydrogen-bond acceptors (Lipinski definition) is 2. The third kappa shape index (κ3) is 4.66. The first-order valence-electron chi connectivity index (χ1n) is 6.43. The second-order valence-electron chi connectivity index (χ2n) is 4.16. The van der Waals surface area contributed by atoms with Gasteiger partial charge < -0.3 is 9.67 Å². The monoisotopic (exact) mass is 276 g/mol. The lowest BCUT2D eigenvalue weighted by molar-refractivity contribution is 0.318. The fourth-order valence-electron chi connectivity index (χ4n) is 1.93. The Hall–Kier alpha value is -1.37. The van der Waals surface area contributed by atoms with Crippen LogP contribution in [0.2, 0.25) is 0 Å².